The summed E-state index contributed by atoms with van der Waals surface area (Å²) in [5.74, 6) is 0.806. The van der Waals surface area contributed by atoms with Gasteiger partial charge in [-0.25, -0.2) is 4.98 Å². The van der Waals surface area contributed by atoms with Crippen LogP contribution in [0, 0.1) is 0 Å². The van der Waals surface area contributed by atoms with E-state index < -0.39 is 0 Å². The number of fused-ring (bicyclic) bond motifs is 1. The van der Waals surface area contributed by atoms with E-state index in [2.05, 4.69) is 15.5 Å². The van der Waals surface area contributed by atoms with Crippen LogP contribution in [0.25, 0.3) is 5.65 Å². The average molecular weight is 398 g/mol. The maximum absolute atomic E-state index is 12.1. The maximum atomic E-state index is 12.1. The summed E-state index contributed by atoms with van der Waals surface area (Å²) >= 11 is 2.82. The molecule has 0 radical (unpaired) electrons. The molecular formula is C17H20ClN3O2S2. The zero-order valence-corrected chi connectivity index (χ0v) is 16.3. The summed E-state index contributed by atoms with van der Waals surface area (Å²) < 4.78 is 2.07. The number of nitrogens with zero attached hydrogens (tertiary/aromatic N) is 3. The minimum Gasteiger partial charge on any atom is -0.294 e. The Kier molecular flexibility index (Phi) is 7.40. The van der Waals surface area contributed by atoms with E-state index in [1.807, 2.05) is 31.3 Å². The molecular weight excluding hydrogens is 378 g/mol. The van der Waals surface area contributed by atoms with Crippen molar-refractivity contribution in [2.45, 2.75) is 31.2 Å². The van der Waals surface area contributed by atoms with Crippen LogP contribution < -0.4 is 0 Å². The molecule has 1 aliphatic rings. The van der Waals surface area contributed by atoms with Crippen LogP contribution in [0.5, 0.6) is 0 Å². The van der Waals surface area contributed by atoms with E-state index in [1.165, 1.54) is 4.90 Å². The molecule has 0 N–H and O–H groups in total. The predicted octanol–water partition coefficient (Wildman–Crippen LogP) is 4.62. The van der Waals surface area contributed by atoms with Crippen LogP contribution in [0.1, 0.15) is 26.2 Å². The molecule has 134 valence electrons. The molecule has 0 unspecified atom stereocenters. The minimum absolute atomic E-state index is 0. The molecule has 2 aromatic heterocycles. The Morgan fingerprint density at radius 2 is 2.12 bits per heavy atom. The lowest BCUT2D eigenvalue weighted by Gasteiger charge is -2.12. The molecule has 1 aliphatic heterocycles. The van der Waals surface area contributed by atoms with E-state index >= 15 is 0 Å². The highest BCUT2D eigenvalue weighted by molar-refractivity contribution is 8.18. The molecule has 0 saturated carbocycles. The molecule has 5 nitrogen and oxygen atoms in total. The van der Waals surface area contributed by atoms with Gasteiger partial charge in [0.1, 0.15) is 5.65 Å². The molecule has 3 rings (SSSR count). The number of unbranched alkanes of at least 4 members (excludes halogenated alkanes) is 1. The van der Waals surface area contributed by atoms with Gasteiger partial charge in [-0.15, -0.1) is 24.2 Å². The van der Waals surface area contributed by atoms with Crippen molar-refractivity contribution in [1.29, 1.82) is 0 Å². The number of amides is 2. The maximum Gasteiger partial charge on any atom is 0.293 e. The Morgan fingerprint density at radius 3 is 2.92 bits per heavy atom. The van der Waals surface area contributed by atoms with Crippen molar-refractivity contribution in [1.82, 2.24) is 14.3 Å². The summed E-state index contributed by atoms with van der Waals surface area (Å²) in [6, 6.07) is 6.06. The quantitative estimate of drug-likeness (QED) is 0.387. The van der Waals surface area contributed by atoms with Gasteiger partial charge in [0.05, 0.1) is 9.93 Å². The van der Waals surface area contributed by atoms with E-state index in [4.69, 9.17) is 0 Å². The number of allylic oxidation sites excluding steroid dienone is 1. The zero-order chi connectivity index (χ0) is 16.9. The van der Waals surface area contributed by atoms with Crippen molar-refractivity contribution in [2.24, 2.45) is 0 Å². The normalized spacial score (nSPS) is 16.0. The Hall–Kier alpha value is -1.44. The largest absolute Gasteiger partial charge is 0.294 e. The fourth-order valence-electron chi connectivity index (χ4n) is 2.50. The summed E-state index contributed by atoms with van der Waals surface area (Å²) in [6.07, 6.45) is 8.12. The van der Waals surface area contributed by atoms with E-state index in [0.29, 0.717) is 11.4 Å². The number of carbonyl (C=O) groups is 2. The molecule has 3 heterocycles. The number of thioether (sulfide) groups is 2. The lowest BCUT2D eigenvalue weighted by atomic mass is 10.3. The summed E-state index contributed by atoms with van der Waals surface area (Å²) in [7, 11) is 0. The number of aromatic nitrogens is 2. The van der Waals surface area contributed by atoms with Crippen LogP contribution in [0.3, 0.4) is 0 Å². The summed E-state index contributed by atoms with van der Waals surface area (Å²) in [6.45, 7) is 2.47. The SMILES string of the molecule is CC/C=C1\SC(=O)N(CCCCSc2cccc3nccn23)C1=O.Cl. The summed E-state index contributed by atoms with van der Waals surface area (Å²) in [5, 5.41) is 1.01. The number of imidazole rings is 1. The van der Waals surface area contributed by atoms with Crippen molar-refractivity contribution < 1.29 is 9.59 Å². The van der Waals surface area contributed by atoms with E-state index in [9.17, 15) is 9.59 Å². The minimum atomic E-state index is -0.143. The van der Waals surface area contributed by atoms with Crippen molar-refractivity contribution in [3.8, 4) is 0 Å². The molecule has 0 bridgehead atoms. The molecule has 0 spiro atoms. The fraction of sp³-hybridized carbons (Fsp3) is 0.353. The molecule has 0 atom stereocenters. The highest BCUT2D eigenvalue weighted by Crippen LogP contribution is 2.31. The second-order valence-corrected chi connectivity index (χ2v) is 7.48. The van der Waals surface area contributed by atoms with Crippen molar-refractivity contribution >= 4 is 52.7 Å². The number of hydrogen-bond acceptors (Lipinski definition) is 5. The smallest absolute Gasteiger partial charge is 0.293 e. The van der Waals surface area contributed by atoms with Crippen LogP contribution in [-0.2, 0) is 4.79 Å². The van der Waals surface area contributed by atoms with Gasteiger partial charge in [0.2, 0.25) is 0 Å². The third kappa shape index (κ3) is 4.59. The number of imide groups is 1. The fourth-order valence-corrected chi connectivity index (χ4v) is 4.45. The molecule has 2 aromatic rings. The monoisotopic (exact) mass is 397 g/mol. The van der Waals surface area contributed by atoms with Gasteiger partial charge < -0.3 is 0 Å². The molecule has 2 amide bonds. The first kappa shape index (κ1) is 19.9. The first-order chi connectivity index (χ1) is 11.7. The second-order valence-electron chi connectivity index (χ2n) is 5.38. The first-order valence-corrected chi connectivity index (χ1v) is 9.79. The summed E-state index contributed by atoms with van der Waals surface area (Å²) in [5.41, 5.74) is 0.945. The number of carbonyl (C=O) groups excluding carboxylic acids is 2. The standard InChI is InChI=1S/C17H19N3O2S2.ClH/c1-2-6-13-16(21)20(17(22)24-13)10-3-4-12-23-15-8-5-7-14-18-9-11-19(14)15;/h5-9,11H,2-4,10,12H2,1H3;1H/b13-6-;. The lowest BCUT2D eigenvalue weighted by Crippen LogP contribution is -2.29. The molecule has 1 saturated heterocycles. The van der Waals surface area contributed by atoms with Crippen LogP contribution in [0.2, 0.25) is 0 Å². The van der Waals surface area contributed by atoms with Crippen LogP contribution in [-0.4, -0.2) is 37.7 Å². The van der Waals surface area contributed by atoms with Gasteiger partial charge in [-0.2, -0.15) is 0 Å². The van der Waals surface area contributed by atoms with Gasteiger partial charge in [0.15, 0.2) is 0 Å². The van der Waals surface area contributed by atoms with Gasteiger partial charge >= 0.3 is 0 Å². The zero-order valence-electron chi connectivity index (χ0n) is 13.9. The molecule has 1 fully saturated rings. The van der Waals surface area contributed by atoms with Gasteiger partial charge in [-0.1, -0.05) is 19.1 Å². The van der Waals surface area contributed by atoms with Crippen LogP contribution in [0.15, 0.2) is 46.6 Å². The van der Waals surface area contributed by atoms with Crippen molar-refractivity contribution in [3.05, 3.63) is 41.6 Å². The van der Waals surface area contributed by atoms with Crippen molar-refractivity contribution in [3.63, 3.8) is 0 Å². The van der Waals surface area contributed by atoms with Gasteiger partial charge in [0, 0.05) is 18.9 Å². The van der Waals surface area contributed by atoms with Gasteiger partial charge in [-0.05, 0) is 48.9 Å². The Labute approximate surface area is 161 Å². The number of pyridine rings is 1. The molecule has 0 aromatic carbocycles. The highest BCUT2D eigenvalue weighted by atomic mass is 35.5. The number of hydrogen-bond donors (Lipinski definition) is 0. The lowest BCUT2D eigenvalue weighted by molar-refractivity contribution is -0.122. The first-order valence-electron chi connectivity index (χ1n) is 7.99. The van der Waals surface area contributed by atoms with Crippen LogP contribution >= 0.6 is 35.9 Å². The Morgan fingerprint density at radius 1 is 1.28 bits per heavy atom. The highest BCUT2D eigenvalue weighted by Gasteiger charge is 2.33. The van der Waals surface area contributed by atoms with Crippen molar-refractivity contribution in [2.75, 3.05) is 12.3 Å². The van der Waals surface area contributed by atoms with E-state index in [0.717, 1.165) is 47.5 Å². The van der Waals surface area contributed by atoms with E-state index in [-0.39, 0.29) is 23.6 Å². The molecule has 8 heteroatoms. The topological polar surface area (TPSA) is 54.7 Å². The average Bonchev–Trinajstić information content (AvgIpc) is 3.15. The van der Waals surface area contributed by atoms with Crippen LogP contribution in [0.4, 0.5) is 4.79 Å². The predicted molar refractivity (Wildman–Crippen MR) is 105 cm³/mol. The van der Waals surface area contributed by atoms with Gasteiger partial charge in [-0.3, -0.25) is 18.9 Å². The van der Waals surface area contributed by atoms with E-state index in [1.54, 1.807) is 18.0 Å². The summed E-state index contributed by atoms with van der Waals surface area (Å²) in [4.78, 5) is 30.2. The number of halogens is 1. The number of rotatable bonds is 7. The second kappa shape index (κ2) is 9.31. The Bertz CT molecular complexity index is 791. The Balaban J connectivity index is 0.00000225. The third-order valence-corrected chi connectivity index (χ3v) is 5.76. The molecule has 0 aliphatic carbocycles. The van der Waals surface area contributed by atoms with Gasteiger partial charge in [0.25, 0.3) is 11.1 Å². The molecule has 25 heavy (non-hydrogen) atoms. The third-order valence-electron chi connectivity index (χ3n) is 3.68.